The van der Waals surface area contributed by atoms with Crippen molar-refractivity contribution in [2.24, 2.45) is 0 Å². The Kier molecular flexibility index (Phi) is 9.33. The van der Waals surface area contributed by atoms with Crippen molar-refractivity contribution in [2.45, 2.75) is 52.6 Å². The quantitative estimate of drug-likeness (QED) is 0.118. The van der Waals surface area contributed by atoms with Crippen LogP contribution < -0.4 is 20.2 Å². The first-order chi connectivity index (χ1) is 24.1. The summed E-state index contributed by atoms with van der Waals surface area (Å²) in [6, 6.07) is 47.7. The number of rotatable bonds is 7. The zero-order valence-corrected chi connectivity index (χ0v) is 33.7. The number of nitrogens with zero attached hydrogens (tertiary/aromatic N) is 4. The summed E-state index contributed by atoms with van der Waals surface area (Å²) < 4.78 is 2.33. The van der Waals surface area contributed by atoms with Crippen molar-refractivity contribution in [1.29, 1.82) is 0 Å². The molecular weight excluding hydrogens is 820 g/mol. The molecule has 51 heavy (non-hydrogen) atoms. The van der Waals surface area contributed by atoms with Crippen molar-refractivity contribution >= 4 is 57.3 Å². The second kappa shape index (κ2) is 13.6. The Balaban J connectivity index is 0.00000406. The van der Waals surface area contributed by atoms with E-state index in [1.54, 1.807) is 0 Å². The molecule has 0 aliphatic carbocycles. The first kappa shape index (κ1) is 35.0. The number of hydrogen-bond donors (Lipinski definition) is 0. The van der Waals surface area contributed by atoms with Gasteiger partial charge in [0, 0.05) is 18.8 Å². The fraction of sp³-hybridized carbons (Fsp3) is 0.222. The number of benzene rings is 5. The molecule has 258 valence electrons. The third kappa shape index (κ3) is 5.95. The van der Waals surface area contributed by atoms with Crippen LogP contribution in [0.5, 0.6) is 0 Å². The van der Waals surface area contributed by atoms with E-state index in [1.165, 1.54) is 54.8 Å². The van der Waals surface area contributed by atoms with Crippen LogP contribution in [0.15, 0.2) is 115 Å². The van der Waals surface area contributed by atoms with E-state index in [0.29, 0.717) is 11.8 Å². The van der Waals surface area contributed by atoms with Gasteiger partial charge in [0.2, 0.25) is 0 Å². The number of fused-ring (bicyclic) bond motifs is 4. The molecule has 0 fully saturated rings. The van der Waals surface area contributed by atoms with Gasteiger partial charge in [-0.05, 0) is 69.8 Å². The number of para-hydroxylation sites is 3. The average molecular weight is 864 g/mol. The molecule has 1 aliphatic heterocycles. The molecular formula is C45H44N4PtSi. The summed E-state index contributed by atoms with van der Waals surface area (Å²) in [5.41, 5.74) is 11.1. The molecule has 3 heterocycles. The molecule has 4 nitrogen and oxygen atoms in total. The van der Waals surface area contributed by atoms with Crippen molar-refractivity contribution in [2.75, 3.05) is 23.5 Å². The predicted octanol–water partition coefficient (Wildman–Crippen LogP) is 10.1. The third-order valence-corrected chi connectivity index (χ3v) is 13.9. The largest absolute Gasteiger partial charge is 2.00 e. The summed E-state index contributed by atoms with van der Waals surface area (Å²) in [6.07, 6.45) is 1.98. The van der Waals surface area contributed by atoms with Crippen LogP contribution in [0.4, 0.5) is 17.1 Å². The van der Waals surface area contributed by atoms with Crippen LogP contribution in [0.1, 0.15) is 50.7 Å². The van der Waals surface area contributed by atoms with Crippen LogP contribution in [0.3, 0.4) is 0 Å². The van der Waals surface area contributed by atoms with Crippen LogP contribution in [0.2, 0.25) is 13.1 Å². The summed E-state index contributed by atoms with van der Waals surface area (Å²) in [7, 11) is -0.0711. The van der Waals surface area contributed by atoms with Gasteiger partial charge in [0.05, 0.1) is 26.1 Å². The molecule has 7 aromatic rings. The number of anilines is 3. The maximum Gasteiger partial charge on any atom is 2.00 e. The topological polar surface area (TPSA) is 24.3 Å². The zero-order valence-electron chi connectivity index (χ0n) is 30.4. The predicted molar refractivity (Wildman–Crippen MR) is 215 cm³/mol. The maximum absolute atomic E-state index is 5.03. The number of hydrogen-bond acceptors (Lipinski definition) is 3. The SMILES string of the molecule is CC(C)c1cccc(C(C)C)c1-c1ccnc(-n2c3[c-]c([Si](C)(C)c4[c-]c(N5CN(C)c6ccccc65)ccc4)ccc3c3ccccc32)c1.[Pt+2]. The van der Waals surface area contributed by atoms with Gasteiger partial charge >= 0.3 is 21.1 Å². The molecule has 0 N–H and O–H groups in total. The molecule has 0 atom stereocenters. The van der Waals surface area contributed by atoms with Crippen molar-refractivity contribution in [3.63, 3.8) is 0 Å². The maximum atomic E-state index is 5.03. The van der Waals surface area contributed by atoms with E-state index in [0.717, 1.165) is 29.2 Å². The Hall–Kier alpha value is -4.44. The summed E-state index contributed by atoms with van der Waals surface area (Å²) in [6.45, 7) is 14.8. The molecule has 0 saturated carbocycles. The summed E-state index contributed by atoms with van der Waals surface area (Å²) in [5, 5.41) is 4.94. The molecule has 0 bridgehead atoms. The van der Waals surface area contributed by atoms with Crippen molar-refractivity contribution < 1.29 is 21.1 Å². The van der Waals surface area contributed by atoms with Crippen LogP contribution >= 0.6 is 0 Å². The van der Waals surface area contributed by atoms with E-state index in [9.17, 15) is 0 Å². The summed E-state index contributed by atoms with van der Waals surface area (Å²) in [4.78, 5) is 9.69. The van der Waals surface area contributed by atoms with Gasteiger partial charge in [-0.3, -0.25) is 0 Å². The van der Waals surface area contributed by atoms with Gasteiger partial charge in [-0.25, -0.2) is 4.98 Å². The molecule has 0 spiro atoms. The molecule has 0 radical (unpaired) electrons. The van der Waals surface area contributed by atoms with Crippen molar-refractivity contribution in [3.8, 4) is 16.9 Å². The van der Waals surface area contributed by atoms with Crippen molar-refractivity contribution in [1.82, 2.24) is 9.55 Å². The molecule has 5 aromatic carbocycles. The van der Waals surface area contributed by atoms with E-state index < -0.39 is 8.07 Å². The fourth-order valence-corrected chi connectivity index (χ4v) is 9.96. The van der Waals surface area contributed by atoms with Gasteiger partial charge in [-0.15, -0.1) is 11.5 Å². The second-order valence-electron chi connectivity index (χ2n) is 14.8. The van der Waals surface area contributed by atoms with Gasteiger partial charge in [0.1, 0.15) is 5.82 Å². The molecule has 2 aromatic heterocycles. The smallest absolute Gasteiger partial charge is 0.355 e. The summed E-state index contributed by atoms with van der Waals surface area (Å²) in [5.74, 6) is 1.74. The van der Waals surface area contributed by atoms with Crippen LogP contribution in [0, 0.1) is 12.1 Å². The van der Waals surface area contributed by atoms with Gasteiger partial charge in [0.25, 0.3) is 0 Å². The zero-order chi connectivity index (χ0) is 34.7. The molecule has 0 amide bonds. The Morgan fingerprint density at radius 1 is 0.686 bits per heavy atom. The van der Waals surface area contributed by atoms with Crippen molar-refractivity contribution in [3.05, 3.63) is 139 Å². The van der Waals surface area contributed by atoms with Crippen LogP contribution in [-0.2, 0) is 21.1 Å². The minimum absolute atomic E-state index is 0. The number of aromatic nitrogens is 2. The van der Waals surface area contributed by atoms with E-state index >= 15 is 0 Å². The molecule has 8 rings (SSSR count). The fourth-order valence-electron chi connectivity index (χ4n) is 7.79. The minimum Gasteiger partial charge on any atom is -0.355 e. The van der Waals surface area contributed by atoms with E-state index in [-0.39, 0.29) is 21.1 Å². The Morgan fingerprint density at radius 2 is 1.35 bits per heavy atom. The summed E-state index contributed by atoms with van der Waals surface area (Å²) >= 11 is 0. The normalized spacial score (nSPS) is 13.0. The first-order valence-corrected chi connectivity index (χ1v) is 20.8. The van der Waals surface area contributed by atoms with Gasteiger partial charge in [-0.2, -0.15) is 46.8 Å². The third-order valence-electron chi connectivity index (χ3n) is 10.6. The van der Waals surface area contributed by atoms with E-state index in [2.05, 4.69) is 184 Å². The Morgan fingerprint density at radius 3 is 2.10 bits per heavy atom. The van der Waals surface area contributed by atoms with Gasteiger partial charge in [0.15, 0.2) is 0 Å². The first-order valence-electron chi connectivity index (χ1n) is 17.8. The minimum atomic E-state index is -2.23. The van der Waals surface area contributed by atoms with E-state index in [1.807, 2.05) is 6.20 Å². The second-order valence-corrected chi connectivity index (χ2v) is 19.2. The standard InChI is InChI=1S/C45H44N4Si.Pt/c1-30(2)36-17-13-18-37(31(3)4)45(36)32-24-25-46-44(26-32)49-40-19-9-8-16-38(40)39-23-22-35(28-43(39)49)50(6,7)34-15-12-14-33(27-34)48-29-47(5)41-20-10-11-21-42(41)48;/h8-26,30-31H,29H2,1-7H3;/q-2;+2. The van der Waals surface area contributed by atoms with E-state index in [4.69, 9.17) is 4.98 Å². The average Bonchev–Trinajstić information content (AvgIpc) is 3.65. The molecule has 1 aliphatic rings. The number of pyridine rings is 1. The molecule has 0 saturated heterocycles. The van der Waals surface area contributed by atoms with Gasteiger partial charge in [-0.1, -0.05) is 101 Å². The Bertz CT molecular complexity index is 2360. The monoisotopic (exact) mass is 863 g/mol. The van der Waals surface area contributed by atoms with Crippen LogP contribution in [-0.4, -0.2) is 31.3 Å². The van der Waals surface area contributed by atoms with Crippen LogP contribution in [0.25, 0.3) is 38.8 Å². The van der Waals surface area contributed by atoms with Gasteiger partial charge < -0.3 is 14.4 Å². The Labute approximate surface area is 318 Å². The molecule has 6 heteroatoms. The molecule has 0 unspecified atom stereocenters.